The average Bonchev–Trinajstić information content (AvgIpc) is 2.97. The summed E-state index contributed by atoms with van der Waals surface area (Å²) in [5.74, 6) is 0.936. The van der Waals surface area contributed by atoms with Crippen molar-refractivity contribution in [2.75, 3.05) is 18.0 Å². The summed E-state index contributed by atoms with van der Waals surface area (Å²) >= 11 is 1.40. The molecule has 0 bridgehead atoms. The fourth-order valence-corrected chi connectivity index (χ4v) is 3.70. The highest BCUT2D eigenvalue weighted by molar-refractivity contribution is 7.15. The lowest BCUT2D eigenvalue weighted by Crippen LogP contribution is -2.49. The number of nitrogens with zero attached hydrogens (tertiary/aromatic N) is 4. The van der Waals surface area contributed by atoms with Crippen LogP contribution < -0.4 is 10.6 Å². The van der Waals surface area contributed by atoms with Gasteiger partial charge in [-0.1, -0.05) is 18.3 Å². The van der Waals surface area contributed by atoms with Crippen LogP contribution in [0, 0.1) is 16.0 Å². The second kappa shape index (κ2) is 5.02. The van der Waals surface area contributed by atoms with Gasteiger partial charge < -0.3 is 20.7 Å². The summed E-state index contributed by atoms with van der Waals surface area (Å²) in [5, 5.41) is 13.2. The lowest BCUT2D eigenvalue weighted by molar-refractivity contribution is -0.389. The number of aromatic nitrogens is 2. The Hall–Kier alpha value is -1.67. The highest BCUT2D eigenvalue weighted by atomic mass is 32.1. The van der Waals surface area contributed by atoms with Gasteiger partial charge in [0, 0.05) is 24.5 Å². The molecule has 1 saturated heterocycles. The van der Waals surface area contributed by atoms with Gasteiger partial charge in [-0.15, -0.1) is 0 Å². The standard InChI is InChI=1S/C12H17N5O2S/c1-8-3-2-4-15(9(8)7-13)10-11(17(18)19)16-5-6-20-12(16)14-10/h5-6,8-9H,2-4,7,13H2,1H3. The first-order valence-corrected chi connectivity index (χ1v) is 7.58. The van der Waals surface area contributed by atoms with E-state index in [0.717, 1.165) is 19.4 Å². The Labute approximate surface area is 120 Å². The van der Waals surface area contributed by atoms with Gasteiger partial charge >= 0.3 is 5.82 Å². The maximum atomic E-state index is 11.4. The van der Waals surface area contributed by atoms with Crippen molar-refractivity contribution in [2.45, 2.75) is 25.8 Å². The molecular formula is C12H17N5O2S. The fraction of sp³-hybridized carbons (Fsp3) is 0.583. The zero-order valence-electron chi connectivity index (χ0n) is 11.2. The first-order chi connectivity index (χ1) is 9.63. The summed E-state index contributed by atoms with van der Waals surface area (Å²) in [6.07, 6.45) is 3.81. The molecule has 3 rings (SSSR count). The highest BCUT2D eigenvalue weighted by Gasteiger charge is 2.35. The molecule has 0 aliphatic carbocycles. The van der Waals surface area contributed by atoms with E-state index in [9.17, 15) is 10.1 Å². The van der Waals surface area contributed by atoms with Crippen LogP contribution in [0.4, 0.5) is 11.6 Å². The van der Waals surface area contributed by atoms with E-state index in [-0.39, 0.29) is 16.8 Å². The Morgan fingerprint density at radius 3 is 3.15 bits per heavy atom. The van der Waals surface area contributed by atoms with Gasteiger partial charge in [-0.3, -0.25) is 0 Å². The first-order valence-electron chi connectivity index (χ1n) is 6.70. The third kappa shape index (κ3) is 1.95. The Kier molecular flexibility index (Phi) is 3.35. The Bertz CT molecular complexity index is 637. The minimum Gasteiger partial charge on any atom is -0.358 e. The number of rotatable bonds is 3. The zero-order chi connectivity index (χ0) is 14.3. The number of hydrogen-bond donors (Lipinski definition) is 1. The Morgan fingerprint density at radius 1 is 1.65 bits per heavy atom. The van der Waals surface area contributed by atoms with Gasteiger partial charge in [-0.2, -0.15) is 9.38 Å². The van der Waals surface area contributed by atoms with Crippen LogP contribution in [0.1, 0.15) is 19.8 Å². The number of fused-ring (bicyclic) bond motifs is 1. The van der Waals surface area contributed by atoms with E-state index in [2.05, 4.69) is 11.9 Å². The van der Waals surface area contributed by atoms with E-state index in [4.69, 9.17) is 5.73 Å². The lowest BCUT2D eigenvalue weighted by atomic mass is 9.91. The van der Waals surface area contributed by atoms with Crippen molar-refractivity contribution in [3.8, 4) is 0 Å². The van der Waals surface area contributed by atoms with E-state index in [0.29, 0.717) is 23.2 Å². The van der Waals surface area contributed by atoms with Gasteiger partial charge in [0.15, 0.2) is 0 Å². The number of hydrogen-bond acceptors (Lipinski definition) is 6. The molecule has 2 N–H and O–H groups in total. The van der Waals surface area contributed by atoms with Crippen LogP contribution in [0.5, 0.6) is 0 Å². The molecule has 2 aromatic rings. The van der Waals surface area contributed by atoms with Crippen LogP contribution in [0.2, 0.25) is 0 Å². The van der Waals surface area contributed by atoms with Crippen molar-refractivity contribution in [3.05, 3.63) is 21.7 Å². The van der Waals surface area contributed by atoms with E-state index in [1.165, 1.54) is 11.3 Å². The van der Waals surface area contributed by atoms with Crippen molar-refractivity contribution < 1.29 is 4.92 Å². The number of nitrogens with two attached hydrogens (primary N) is 1. The van der Waals surface area contributed by atoms with Crippen LogP contribution in [-0.4, -0.2) is 33.4 Å². The molecule has 2 unspecified atom stereocenters. The number of imidazole rings is 1. The molecule has 0 spiro atoms. The van der Waals surface area contributed by atoms with E-state index in [1.807, 2.05) is 4.90 Å². The molecule has 0 saturated carbocycles. The summed E-state index contributed by atoms with van der Waals surface area (Å²) in [7, 11) is 0. The van der Waals surface area contributed by atoms with Crippen molar-refractivity contribution in [1.29, 1.82) is 0 Å². The molecule has 0 aromatic carbocycles. The molecule has 2 aromatic heterocycles. The molecule has 3 heterocycles. The minimum atomic E-state index is -0.352. The number of piperidine rings is 1. The average molecular weight is 295 g/mol. The lowest BCUT2D eigenvalue weighted by Gasteiger charge is -2.39. The van der Waals surface area contributed by atoms with Gasteiger partial charge in [0.25, 0.3) is 4.96 Å². The summed E-state index contributed by atoms with van der Waals surface area (Å²) in [6, 6.07) is 0.118. The third-order valence-corrected chi connectivity index (χ3v) is 4.78. The van der Waals surface area contributed by atoms with Crippen LogP contribution in [0.25, 0.3) is 4.96 Å². The van der Waals surface area contributed by atoms with Crippen molar-refractivity contribution in [3.63, 3.8) is 0 Å². The Morgan fingerprint density at radius 2 is 2.45 bits per heavy atom. The summed E-state index contributed by atoms with van der Waals surface area (Å²) in [4.78, 5) is 18.2. The SMILES string of the molecule is CC1CCCN(c2nc3sccn3c2[N+](=O)[O-])C1CN. The second-order valence-corrected chi connectivity index (χ2v) is 6.06. The molecule has 20 heavy (non-hydrogen) atoms. The summed E-state index contributed by atoms with van der Waals surface area (Å²) in [6.45, 7) is 3.41. The van der Waals surface area contributed by atoms with Gasteiger partial charge in [0.2, 0.25) is 5.82 Å². The zero-order valence-corrected chi connectivity index (χ0v) is 12.0. The normalized spacial score (nSPS) is 23.4. The molecule has 1 fully saturated rings. The van der Waals surface area contributed by atoms with Crippen molar-refractivity contribution in [1.82, 2.24) is 9.38 Å². The molecular weight excluding hydrogens is 278 g/mol. The molecule has 7 nitrogen and oxygen atoms in total. The molecule has 108 valence electrons. The second-order valence-electron chi connectivity index (χ2n) is 5.19. The van der Waals surface area contributed by atoms with Crippen LogP contribution in [0.3, 0.4) is 0 Å². The molecule has 8 heteroatoms. The van der Waals surface area contributed by atoms with Crippen molar-refractivity contribution in [2.24, 2.45) is 11.7 Å². The predicted octanol–water partition coefficient (Wildman–Crippen LogP) is 1.87. The Balaban J connectivity index is 2.10. The first kappa shape index (κ1) is 13.3. The van der Waals surface area contributed by atoms with E-state index < -0.39 is 0 Å². The number of thiazole rings is 1. The van der Waals surface area contributed by atoms with Gasteiger partial charge in [-0.05, 0) is 23.7 Å². The quantitative estimate of drug-likeness (QED) is 0.689. The summed E-state index contributed by atoms with van der Waals surface area (Å²) < 4.78 is 1.55. The molecule has 1 aliphatic rings. The number of anilines is 1. The minimum absolute atomic E-state index is 0.0498. The molecule has 0 radical (unpaired) electrons. The highest BCUT2D eigenvalue weighted by Crippen LogP contribution is 2.35. The third-order valence-electron chi connectivity index (χ3n) is 4.02. The molecule has 1 aliphatic heterocycles. The van der Waals surface area contributed by atoms with E-state index in [1.54, 1.807) is 16.0 Å². The van der Waals surface area contributed by atoms with Crippen molar-refractivity contribution >= 4 is 27.9 Å². The van der Waals surface area contributed by atoms with Crippen LogP contribution >= 0.6 is 11.3 Å². The maximum Gasteiger partial charge on any atom is 0.373 e. The maximum absolute atomic E-state index is 11.4. The predicted molar refractivity (Wildman–Crippen MR) is 78.3 cm³/mol. The van der Waals surface area contributed by atoms with Crippen LogP contribution in [-0.2, 0) is 0 Å². The van der Waals surface area contributed by atoms with Crippen LogP contribution in [0.15, 0.2) is 11.6 Å². The van der Waals surface area contributed by atoms with Gasteiger partial charge in [0.05, 0.1) is 0 Å². The molecule has 0 amide bonds. The summed E-state index contributed by atoms with van der Waals surface area (Å²) in [5.41, 5.74) is 5.87. The molecule has 2 atom stereocenters. The van der Waals surface area contributed by atoms with E-state index >= 15 is 0 Å². The van der Waals surface area contributed by atoms with Gasteiger partial charge in [-0.25, -0.2) is 0 Å². The fourth-order valence-electron chi connectivity index (χ4n) is 3.00. The number of nitro groups is 1. The topological polar surface area (TPSA) is 89.7 Å². The largest absolute Gasteiger partial charge is 0.373 e. The monoisotopic (exact) mass is 295 g/mol. The smallest absolute Gasteiger partial charge is 0.358 e. The van der Waals surface area contributed by atoms with Gasteiger partial charge in [0.1, 0.15) is 6.20 Å².